The summed E-state index contributed by atoms with van der Waals surface area (Å²) in [6.45, 7) is 5.67. The van der Waals surface area contributed by atoms with Crippen molar-refractivity contribution in [1.82, 2.24) is 14.8 Å². The van der Waals surface area contributed by atoms with Gasteiger partial charge in [-0.15, -0.1) is 5.10 Å². The van der Waals surface area contributed by atoms with Crippen LogP contribution in [0.5, 0.6) is 0 Å². The summed E-state index contributed by atoms with van der Waals surface area (Å²) in [6, 6.07) is 0. The van der Waals surface area contributed by atoms with Crippen molar-refractivity contribution in [3.8, 4) is 0 Å². The van der Waals surface area contributed by atoms with Gasteiger partial charge in [-0.25, -0.2) is 9.89 Å². The van der Waals surface area contributed by atoms with Crippen molar-refractivity contribution in [3.63, 3.8) is 0 Å². The molecule has 0 spiro atoms. The molecular formula is C11H19N3O4S. The molecule has 0 aliphatic heterocycles. The van der Waals surface area contributed by atoms with Crippen molar-refractivity contribution in [1.29, 1.82) is 0 Å². The molecule has 1 rings (SSSR count). The van der Waals surface area contributed by atoms with Crippen molar-refractivity contribution < 1.29 is 14.6 Å². The Bertz CT molecular complexity index is 455. The zero-order chi connectivity index (χ0) is 14.3. The molecule has 0 unspecified atom stereocenters. The first kappa shape index (κ1) is 15.8. The van der Waals surface area contributed by atoms with Crippen LogP contribution in [-0.4, -0.2) is 44.8 Å². The fourth-order valence-electron chi connectivity index (χ4n) is 1.31. The highest BCUT2D eigenvalue weighted by Crippen LogP contribution is 2.12. The lowest BCUT2D eigenvalue weighted by Gasteiger charge is -2.07. The molecular weight excluding hydrogens is 270 g/mol. The number of thioether (sulfide) groups is 1. The lowest BCUT2D eigenvalue weighted by atomic mass is 10.1. The van der Waals surface area contributed by atoms with Crippen LogP contribution in [0.3, 0.4) is 0 Å². The number of carboxylic acid groups (broad SMARTS) is 1. The number of aliphatic carboxylic acids is 1. The molecule has 7 nitrogen and oxygen atoms in total. The Labute approximate surface area is 115 Å². The molecule has 0 radical (unpaired) electrons. The lowest BCUT2D eigenvalue weighted by molar-refractivity contribution is -0.133. The molecule has 2 N–H and O–H groups in total. The predicted molar refractivity (Wildman–Crippen MR) is 71.5 cm³/mol. The van der Waals surface area contributed by atoms with Crippen LogP contribution >= 0.6 is 11.8 Å². The Morgan fingerprint density at radius 2 is 2.26 bits per heavy atom. The van der Waals surface area contributed by atoms with Crippen molar-refractivity contribution >= 4 is 17.7 Å². The number of carboxylic acids is 1. The van der Waals surface area contributed by atoms with E-state index < -0.39 is 5.97 Å². The van der Waals surface area contributed by atoms with Gasteiger partial charge >= 0.3 is 11.7 Å². The Morgan fingerprint density at radius 3 is 2.89 bits per heavy atom. The third-order valence-electron chi connectivity index (χ3n) is 2.35. The van der Waals surface area contributed by atoms with Gasteiger partial charge in [0.25, 0.3) is 0 Å². The summed E-state index contributed by atoms with van der Waals surface area (Å²) in [5.74, 6) is -0.489. The lowest BCUT2D eigenvalue weighted by Crippen LogP contribution is -2.21. The largest absolute Gasteiger partial charge is 0.481 e. The Hall–Kier alpha value is -1.28. The van der Waals surface area contributed by atoms with Crippen LogP contribution in [-0.2, 0) is 16.1 Å². The first-order valence-electron chi connectivity index (χ1n) is 6.08. The fraction of sp³-hybridized carbons (Fsp3) is 0.727. The number of nitrogens with one attached hydrogen (secondary N) is 1. The summed E-state index contributed by atoms with van der Waals surface area (Å²) >= 11 is 1.01. The molecule has 1 heterocycles. The average molecular weight is 289 g/mol. The molecule has 8 heteroatoms. The van der Waals surface area contributed by atoms with E-state index in [1.807, 2.05) is 0 Å². The number of carbonyl (C=O) groups is 1. The summed E-state index contributed by atoms with van der Waals surface area (Å²) in [5, 5.41) is 15.1. The van der Waals surface area contributed by atoms with Crippen LogP contribution in [0.15, 0.2) is 9.95 Å². The van der Waals surface area contributed by atoms with Crippen LogP contribution in [0.1, 0.15) is 20.3 Å². The molecule has 108 valence electrons. The number of H-pyrrole nitrogens is 1. The van der Waals surface area contributed by atoms with Crippen LogP contribution in [0.25, 0.3) is 0 Å². The van der Waals surface area contributed by atoms with E-state index >= 15 is 0 Å². The predicted octanol–water partition coefficient (Wildman–Crippen LogP) is 0.811. The van der Waals surface area contributed by atoms with E-state index in [2.05, 4.69) is 24.0 Å². The zero-order valence-electron chi connectivity index (χ0n) is 11.1. The average Bonchev–Trinajstić information content (AvgIpc) is 2.67. The normalized spacial score (nSPS) is 11.1. The number of nitrogens with zero attached hydrogens (tertiary/aromatic N) is 2. The molecule has 0 aliphatic rings. The number of hydrogen-bond acceptors (Lipinski definition) is 5. The standard InChI is InChI=1S/C11H19N3O4S/c1-8(2)3-5-18-6-4-14-10(17)12-13-11(14)19-7-9(15)16/h8H,3-7H2,1-2H3,(H,12,17)(H,15,16). The smallest absolute Gasteiger partial charge is 0.344 e. The molecule has 0 saturated carbocycles. The third kappa shape index (κ3) is 5.93. The van der Waals surface area contributed by atoms with E-state index in [0.29, 0.717) is 30.8 Å². The minimum atomic E-state index is -0.944. The van der Waals surface area contributed by atoms with E-state index in [0.717, 1.165) is 18.2 Å². The van der Waals surface area contributed by atoms with Gasteiger partial charge in [-0.05, 0) is 12.3 Å². The minimum absolute atomic E-state index is 0.126. The topological polar surface area (TPSA) is 97.2 Å². The van der Waals surface area contributed by atoms with Crippen molar-refractivity contribution in [2.75, 3.05) is 19.0 Å². The Kier molecular flexibility index (Phi) is 6.65. The summed E-state index contributed by atoms with van der Waals surface area (Å²) < 4.78 is 6.82. The number of aromatic amines is 1. The number of hydrogen-bond donors (Lipinski definition) is 2. The molecule has 0 saturated heterocycles. The van der Waals surface area contributed by atoms with Gasteiger partial charge in [0.2, 0.25) is 0 Å². The maximum absolute atomic E-state index is 11.5. The minimum Gasteiger partial charge on any atom is -0.481 e. The molecule has 0 amide bonds. The van der Waals surface area contributed by atoms with Gasteiger partial charge in [-0.2, -0.15) is 0 Å². The first-order valence-corrected chi connectivity index (χ1v) is 7.06. The van der Waals surface area contributed by atoms with Gasteiger partial charge in [0.15, 0.2) is 5.16 Å². The second-order valence-electron chi connectivity index (χ2n) is 4.44. The zero-order valence-corrected chi connectivity index (χ0v) is 11.9. The molecule has 0 aliphatic carbocycles. The van der Waals surface area contributed by atoms with E-state index in [1.54, 1.807) is 0 Å². The molecule has 19 heavy (non-hydrogen) atoms. The van der Waals surface area contributed by atoms with Crippen molar-refractivity contribution in [2.24, 2.45) is 5.92 Å². The second-order valence-corrected chi connectivity index (χ2v) is 5.38. The SMILES string of the molecule is CC(C)CCOCCn1c(SCC(=O)O)n[nH]c1=O. The summed E-state index contributed by atoms with van der Waals surface area (Å²) in [4.78, 5) is 22.0. The van der Waals surface area contributed by atoms with Crippen LogP contribution in [0.2, 0.25) is 0 Å². The van der Waals surface area contributed by atoms with Gasteiger partial charge in [-0.1, -0.05) is 25.6 Å². The van der Waals surface area contributed by atoms with E-state index in [-0.39, 0.29) is 11.4 Å². The highest BCUT2D eigenvalue weighted by atomic mass is 32.2. The van der Waals surface area contributed by atoms with E-state index in [4.69, 9.17) is 9.84 Å². The maximum atomic E-state index is 11.5. The fourth-order valence-corrected chi connectivity index (χ4v) is 2.01. The summed E-state index contributed by atoms with van der Waals surface area (Å²) in [5.41, 5.74) is -0.347. The van der Waals surface area contributed by atoms with Gasteiger partial charge in [0.05, 0.1) is 18.9 Å². The Morgan fingerprint density at radius 1 is 1.53 bits per heavy atom. The van der Waals surface area contributed by atoms with Crippen LogP contribution < -0.4 is 5.69 Å². The maximum Gasteiger partial charge on any atom is 0.344 e. The van der Waals surface area contributed by atoms with Crippen molar-refractivity contribution in [2.45, 2.75) is 32.0 Å². The quantitative estimate of drug-likeness (QED) is 0.516. The monoisotopic (exact) mass is 289 g/mol. The van der Waals surface area contributed by atoms with Crippen LogP contribution in [0, 0.1) is 5.92 Å². The second kappa shape index (κ2) is 8.00. The highest BCUT2D eigenvalue weighted by Gasteiger charge is 2.10. The Balaban J connectivity index is 2.41. The number of ether oxygens (including phenoxy) is 1. The number of aromatic nitrogens is 3. The first-order chi connectivity index (χ1) is 9.00. The van der Waals surface area contributed by atoms with Gasteiger partial charge in [0.1, 0.15) is 0 Å². The molecule has 0 fully saturated rings. The highest BCUT2D eigenvalue weighted by molar-refractivity contribution is 7.99. The molecule has 0 bridgehead atoms. The molecule has 0 atom stereocenters. The third-order valence-corrected chi connectivity index (χ3v) is 3.31. The van der Waals surface area contributed by atoms with Gasteiger partial charge in [0, 0.05) is 6.61 Å². The van der Waals surface area contributed by atoms with Crippen molar-refractivity contribution in [3.05, 3.63) is 10.5 Å². The summed E-state index contributed by atoms with van der Waals surface area (Å²) in [7, 11) is 0. The van der Waals surface area contributed by atoms with E-state index in [9.17, 15) is 9.59 Å². The van der Waals surface area contributed by atoms with Gasteiger partial charge < -0.3 is 9.84 Å². The van der Waals surface area contributed by atoms with Crippen LogP contribution in [0.4, 0.5) is 0 Å². The molecule has 1 aromatic heterocycles. The molecule has 1 aromatic rings. The number of rotatable bonds is 9. The van der Waals surface area contributed by atoms with Gasteiger partial charge in [-0.3, -0.25) is 9.36 Å². The summed E-state index contributed by atoms with van der Waals surface area (Å²) in [6.07, 6.45) is 0.973. The molecule has 0 aromatic carbocycles. The van der Waals surface area contributed by atoms with E-state index in [1.165, 1.54) is 4.57 Å².